The van der Waals surface area contributed by atoms with Crippen LogP contribution in [0, 0.1) is 0 Å². The number of nitrogens with zero attached hydrogens (tertiary/aromatic N) is 2. The number of hydrogen-bond acceptors (Lipinski definition) is 3. The van der Waals surface area contributed by atoms with Crippen LogP contribution in [0.5, 0.6) is 5.75 Å². The number of carboxylic acids is 1. The lowest BCUT2D eigenvalue weighted by Crippen LogP contribution is -1.98. The number of carbonyl (C=O) groups is 1. The molecule has 5 heteroatoms. The summed E-state index contributed by atoms with van der Waals surface area (Å²) in [6.45, 7) is 0. The SMILES string of the molecule is COc1cccc2c1cc(-c1ccc(C(=O)O)cn1)n2C. The summed E-state index contributed by atoms with van der Waals surface area (Å²) in [6.07, 6.45) is 1.37. The van der Waals surface area contributed by atoms with Crippen LogP contribution in [-0.4, -0.2) is 27.7 Å². The van der Waals surface area contributed by atoms with Gasteiger partial charge in [-0.15, -0.1) is 0 Å². The first-order valence-electron chi connectivity index (χ1n) is 6.44. The molecule has 0 aliphatic carbocycles. The van der Waals surface area contributed by atoms with Gasteiger partial charge in [-0.2, -0.15) is 0 Å². The maximum absolute atomic E-state index is 10.9. The van der Waals surface area contributed by atoms with Gasteiger partial charge in [0.25, 0.3) is 0 Å². The van der Waals surface area contributed by atoms with E-state index in [9.17, 15) is 4.79 Å². The van der Waals surface area contributed by atoms with E-state index in [1.807, 2.05) is 35.9 Å². The second-order valence-electron chi connectivity index (χ2n) is 4.72. The third-order valence-corrected chi connectivity index (χ3v) is 3.54. The molecule has 0 atom stereocenters. The maximum atomic E-state index is 10.9. The van der Waals surface area contributed by atoms with E-state index in [-0.39, 0.29) is 5.56 Å². The Morgan fingerprint density at radius 3 is 2.71 bits per heavy atom. The molecule has 0 fully saturated rings. The van der Waals surface area contributed by atoms with Gasteiger partial charge < -0.3 is 14.4 Å². The highest BCUT2D eigenvalue weighted by Crippen LogP contribution is 2.32. The topological polar surface area (TPSA) is 64.3 Å². The van der Waals surface area contributed by atoms with Crippen molar-refractivity contribution in [3.8, 4) is 17.1 Å². The molecule has 0 amide bonds. The molecule has 0 aliphatic rings. The molecule has 0 saturated heterocycles. The number of rotatable bonds is 3. The number of aromatic carboxylic acids is 1. The Morgan fingerprint density at radius 2 is 2.10 bits per heavy atom. The van der Waals surface area contributed by atoms with Gasteiger partial charge in [-0.3, -0.25) is 4.98 Å². The molecular formula is C16H14N2O3. The van der Waals surface area contributed by atoms with Crippen LogP contribution in [0.2, 0.25) is 0 Å². The summed E-state index contributed by atoms with van der Waals surface area (Å²) in [4.78, 5) is 15.1. The van der Waals surface area contributed by atoms with E-state index in [2.05, 4.69) is 4.98 Å². The zero-order chi connectivity index (χ0) is 15.0. The molecule has 0 aliphatic heterocycles. The number of pyridine rings is 1. The van der Waals surface area contributed by atoms with Gasteiger partial charge in [0.1, 0.15) is 5.75 Å². The average molecular weight is 282 g/mol. The molecule has 0 saturated carbocycles. The van der Waals surface area contributed by atoms with E-state index in [4.69, 9.17) is 9.84 Å². The number of carboxylic acid groups (broad SMARTS) is 1. The molecular weight excluding hydrogens is 268 g/mol. The predicted molar refractivity (Wildman–Crippen MR) is 79.7 cm³/mol. The average Bonchev–Trinajstić information content (AvgIpc) is 2.85. The number of aromatic nitrogens is 2. The summed E-state index contributed by atoms with van der Waals surface area (Å²) in [5.74, 6) is -0.177. The molecule has 0 spiro atoms. The Labute approximate surface area is 121 Å². The van der Waals surface area contributed by atoms with Crippen LogP contribution in [0.15, 0.2) is 42.6 Å². The third kappa shape index (κ3) is 2.12. The lowest BCUT2D eigenvalue weighted by molar-refractivity contribution is 0.0696. The first-order valence-corrected chi connectivity index (χ1v) is 6.44. The number of methoxy groups -OCH3 is 1. The largest absolute Gasteiger partial charge is 0.496 e. The van der Waals surface area contributed by atoms with Crippen LogP contribution in [0.4, 0.5) is 0 Å². The van der Waals surface area contributed by atoms with Gasteiger partial charge in [0.2, 0.25) is 0 Å². The molecule has 1 aromatic carbocycles. The van der Waals surface area contributed by atoms with Crippen LogP contribution in [0.1, 0.15) is 10.4 Å². The summed E-state index contributed by atoms with van der Waals surface area (Å²) in [5, 5.41) is 9.92. The van der Waals surface area contributed by atoms with E-state index in [1.165, 1.54) is 6.20 Å². The van der Waals surface area contributed by atoms with Crippen molar-refractivity contribution in [2.24, 2.45) is 7.05 Å². The predicted octanol–water partition coefficient (Wildman–Crippen LogP) is 2.95. The monoisotopic (exact) mass is 282 g/mol. The standard InChI is InChI=1S/C16H14N2O3/c1-18-13-4-3-5-15(21-2)11(13)8-14(18)12-7-6-10(9-17-12)16(19)20/h3-9H,1-2H3,(H,19,20). The normalized spacial score (nSPS) is 10.8. The van der Waals surface area contributed by atoms with E-state index in [0.717, 1.165) is 28.0 Å². The summed E-state index contributed by atoms with van der Waals surface area (Å²) < 4.78 is 7.39. The second-order valence-corrected chi connectivity index (χ2v) is 4.72. The lowest BCUT2D eigenvalue weighted by atomic mass is 10.2. The summed E-state index contributed by atoms with van der Waals surface area (Å²) >= 11 is 0. The van der Waals surface area contributed by atoms with Crippen molar-refractivity contribution >= 4 is 16.9 Å². The molecule has 106 valence electrons. The fourth-order valence-corrected chi connectivity index (χ4v) is 2.43. The zero-order valence-corrected chi connectivity index (χ0v) is 11.7. The summed E-state index contributed by atoms with van der Waals surface area (Å²) in [6, 6.07) is 11.1. The van der Waals surface area contributed by atoms with Gasteiger partial charge in [-0.05, 0) is 30.3 Å². The van der Waals surface area contributed by atoms with Crippen molar-refractivity contribution in [3.05, 3.63) is 48.2 Å². The molecule has 21 heavy (non-hydrogen) atoms. The molecule has 5 nitrogen and oxygen atoms in total. The fourth-order valence-electron chi connectivity index (χ4n) is 2.43. The Hall–Kier alpha value is -2.82. The smallest absolute Gasteiger partial charge is 0.337 e. The van der Waals surface area contributed by atoms with Gasteiger partial charge in [0.05, 0.1) is 29.6 Å². The third-order valence-electron chi connectivity index (χ3n) is 3.54. The molecule has 0 bridgehead atoms. The Bertz CT molecular complexity index is 819. The Kier molecular flexibility index (Phi) is 3.10. The number of benzene rings is 1. The Morgan fingerprint density at radius 1 is 1.29 bits per heavy atom. The van der Waals surface area contributed by atoms with Gasteiger partial charge in [-0.25, -0.2) is 4.79 Å². The van der Waals surface area contributed by atoms with E-state index < -0.39 is 5.97 Å². The highest BCUT2D eigenvalue weighted by atomic mass is 16.5. The first kappa shape index (κ1) is 13.2. The van der Waals surface area contributed by atoms with Crippen LogP contribution >= 0.6 is 0 Å². The van der Waals surface area contributed by atoms with Crippen molar-refractivity contribution in [2.75, 3.05) is 7.11 Å². The van der Waals surface area contributed by atoms with Crippen molar-refractivity contribution in [1.29, 1.82) is 0 Å². The quantitative estimate of drug-likeness (QED) is 0.802. The Balaban J connectivity index is 2.16. The first-order chi connectivity index (χ1) is 10.1. The van der Waals surface area contributed by atoms with E-state index >= 15 is 0 Å². The lowest BCUT2D eigenvalue weighted by Gasteiger charge is -2.04. The molecule has 3 rings (SSSR count). The minimum atomic E-state index is -0.979. The van der Waals surface area contributed by atoms with Crippen molar-refractivity contribution in [3.63, 3.8) is 0 Å². The summed E-state index contributed by atoms with van der Waals surface area (Å²) in [7, 11) is 3.59. The number of hydrogen-bond donors (Lipinski definition) is 1. The molecule has 3 aromatic rings. The number of fused-ring (bicyclic) bond motifs is 1. The summed E-state index contributed by atoms with van der Waals surface area (Å²) in [5.41, 5.74) is 2.84. The van der Waals surface area contributed by atoms with Gasteiger partial charge in [-0.1, -0.05) is 6.07 Å². The van der Waals surface area contributed by atoms with Gasteiger partial charge >= 0.3 is 5.97 Å². The highest BCUT2D eigenvalue weighted by molar-refractivity contribution is 5.92. The molecule has 2 aromatic heterocycles. The minimum absolute atomic E-state index is 0.176. The highest BCUT2D eigenvalue weighted by Gasteiger charge is 2.12. The van der Waals surface area contributed by atoms with Crippen LogP contribution in [0.3, 0.4) is 0 Å². The van der Waals surface area contributed by atoms with Gasteiger partial charge in [0.15, 0.2) is 0 Å². The van der Waals surface area contributed by atoms with Crippen molar-refractivity contribution in [1.82, 2.24) is 9.55 Å². The molecule has 0 unspecified atom stereocenters. The zero-order valence-electron chi connectivity index (χ0n) is 11.7. The number of aryl methyl sites for hydroxylation is 1. The molecule has 2 heterocycles. The van der Waals surface area contributed by atoms with E-state index in [0.29, 0.717) is 0 Å². The van der Waals surface area contributed by atoms with Crippen LogP contribution < -0.4 is 4.74 Å². The fraction of sp³-hybridized carbons (Fsp3) is 0.125. The van der Waals surface area contributed by atoms with Gasteiger partial charge in [0, 0.05) is 18.6 Å². The number of ether oxygens (including phenoxy) is 1. The van der Waals surface area contributed by atoms with Crippen molar-refractivity contribution in [2.45, 2.75) is 0 Å². The van der Waals surface area contributed by atoms with E-state index in [1.54, 1.807) is 19.2 Å². The molecule has 1 N–H and O–H groups in total. The van der Waals surface area contributed by atoms with Crippen LogP contribution in [0.25, 0.3) is 22.3 Å². The van der Waals surface area contributed by atoms with Crippen molar-refractivity contribution < 1.29 is 14.6 Å². The maximum Gasteiger partial charge on any atom is 0.337 e. The minimum Gasteiger partial charge on any atom is -0.496 e. The molecule has 0 radical (unpaired) electrons. The second kappa shape index (κ2) is 4.94. The van der Waals surface area contributed by atoms with Crippen LogP contribution in [-0.2, 0) is 7.05 Å².